The summed E-state index contributed by atoms with van der Waals surface area (Å²) in [7, 11) is -3.50. The molecule has 18 heavy (non-hydrogen) atoms. The van der Waals surface area contributed by atoms with Gasteiger partial charge in [0.15, 0.2) is 0 Å². The fraction of sp³-hybridized carbons (Fsp3) is 0.500. The lowest BCUT2D eigenvalue weighted by Crippen LogP contribution is -2.30. The minimum absolute atomic E-state index is 0.105. The van der Waals surface area contributed by atoms with Gasteiger partial charge in [0.05, 0.1) is 3.79 Å². The van der Waals surface area contributed by atoms with Crippen LogP contribution in [0.4, 0.5) is 0 Å². The number of sulfonamides is 1. The molecule has 0 bridgehead atoms. The molecular formula is C10H15BrN2O3S2. The summed E-state index contributed by atoms with van der Waals surface area (Å²) in [5.41, 5.74) is 0. The first kappa shape index (κ1) is 15.6. The van der Waals surface area contributed by atoms with Gasteiger partial charge in [0.25, 0.3) is 0 Å². The molecule has 1 heterocycles. The van der Waals surface area contributed by atoms with Gasteiger partial charge in [0.1, 0.15) is 4.21 Å². The molecule has 5 nitrogen and oxygen atoms in total. The first-order valence-corrected chi connectivity index (χ1v) is 8.56. The monoisotopic (exact) mass is 354 g/mol. The summed E-state index contributed by atoms with van der Waals surface area (Å²) in [6.45, 7) is 2.68. The predicted octanol–water partition coefficient (Wildman–Crippen LogP) is 1.71. The highest BCUT2D eigenvalue weighted by Crippen LogP contribution is 2.25. The van der Waals surface area contributed by atoms with Gasteiger partial charge in [0.2, 0.25) is 15.9 Å². The Morgan fingerprint density at radius 1 is 1.39 bits per heavy atom. The van der Waals surface area contributed by atoms with Crippen LogP contribution in [0.2, 0.25) is 0 Å². The van der Waals surface area contributed by atoms with E-state index in [9.17, 15) is 13.2 Å². The Bertz CT molecular complexity index is 499. The van der Waals surface area contributed by atoms with Gasteiger partial charge in [-0.3, -0.25) is 4.79 Å². The SMILES string of the molecule is CCCNC(=O)CCNS(=O)(=O)c1ccc(Br)s1. The topological polar surface area (TPSA) is 75.3 Å². The van der Waals surface area contributed by atoms with E-state index in [0.717, 1.165) is 21.5 Å². The van der Waals surface area contributed by atoms with E-state index in [1.54, 1.807) is 6.07 Å². The summed E-state index contributed by atoms with van der Waals surface area (Å²) >= 11 is 4.34. The van der Waals surface area contributed by atoms with Crippen molar-refractivity contribution in [1.82, 2.24) is 10.0 Å². The van der Waals surface area contributed by atoms with Crippen LogP contribution in [0.3, 0.4) is 0 Å². The van der Waals surface area contributed by atoms with Crippen LogP contribution in [0.15, 0.2) is 20.1 Å². The van der Waals surface area contributed by atoms with Crippen molar-refractivity contribution in [2.24, 2.45) is 0 Å². The average molecular weight is 355 g/mol. The van der Waals surface area contributed by atoms with Crippen molar-refractivity contribution in [3.05, 3.63) is 15.9 Å². The molecule has 8 heteroatoms. The van der Waals surface area contributed by atoms with Crippen molar-refractivity contribution in [2.75, 3.05) is 13.1 Å². The van der Waals surface area contributed by atoms with Crippen molar-refractivity contribution in [1.29, 1.82) is 0 Å². The Morgan fingerprint density at radius 3 is 2.67 bits per heavy atom. The second-order valence-corrected chi connectivity index (χ2v) is 8.01. The Kier molecular flexibility index (Phi) is 6.27. The van der Waals surface area contributed by atoms with Crippen molar-refractivity contribution in [3.63, 3.8) is 0 Å². The van der Waals surface area contributed by atoms with Gasteiger partial charge < -0.3 is 5.32 Å². The maximum atomic E-state index is 11.8. The van der Waals surface area contributed by atoms with E-state index < -0.39 is 10.0 Å². The number of carbonyl (C=O) groups is 1. The molecule has 1 amide bonds. The zero-order chi connectivity index (χ0) is 13.6. The Hall–Kier alpha value is -0.440. The number of hydrogen-bond acceptors (Lipinski definition) is 4. The fourth-order valence-electron chi connectivity index (χ4n) is 1.16. The van der Waals surface area contributed by atoms with Gasteiger partial charge in [-0.2, -0.15) is 0 Å². The van der Waals surface area contributed by atoms with Gasteiger partial charge in [0, 0.05) is 19.5 Å². The lowest BCUT2D eigenvalue weighted by Gasteiger charge is -2.05. The number of carbonyl (C=O) groups excluding carboxylic acids is 1. The van der Waals surface area contributed by atoms with Gasteiger partial charge in [-0.25, -0.2) is 13.1 Å². The lowest BCUT2D eigenvalue weighted by atomic mass is 10.4. The van der Waals surface area contributed by atoms with Crippen molar-refractivity contribution in [2.45, 2.75) is 24.0 Å². The Balaban J connectivity index is 2.41. The molecule has 1 rings (SSSR count). The number of nitrogens with one attached hydrogen (secondary N) is 2. The van der Waals surface area contributed by atoms with E-state index in [-0.39, 0.29) is 23.1 Å². The van der Waals surface area contributed by atoms with Gasteiger partial charge in [-0.1, -0.05) is 6.92 Å². The first-order chi connectivity index (χ1) is 8.45. The van der Waals surface area contributed by atoms with E-state index in [4.69, 9.17) is 0 Å². The largest absolute Gasteiger partial charge is 0.356 e. The molecule has 0 fully saturated rings. The first-order valence-electron chi connectivity index (χ1n) is 5.47. The van der Waals surface area contributed by atoms with Crippen molar-refractivity contribution < 1.29 is 13.2 Å². The molecule has 0 aliphatic heterocycles. The van der Waals surface area contributed by atoms with Gasteiger partial charge in [-0.15, -0.1) is 11.3 Å². The molecule has 102 valence electrons. The molecule has 0 spiro atoms. The zero-order valence-corrected chi connectivity index (χ0v) is 13.1. The van der Waals surface area contributed by atoms with Crippen LogP contribution in [-0.2, 0) is 14.8 Å². The summed E-state index contributed by atoms with van der Waals surface area (Å²) < 4.78 is 27.0. The fourth-order valence-corrected chi connectivity index (χ4v) is 4.25. The maximum Gasteiger partial charge on any atom is 0.250 e. The van der Waals surface area contributed by atoms with Crippen molar-refractivity contribution >= 4 is 43.2 Å². The molecule has 0 unspecified atom stereocenters. The standard InChI is InChI=1S/C10H15BrN2O3S2/c1-2-6-12-9(14)5-7-13-18(15,16)10-4-3-8(11)17-10/h3-4,13H,2,5-7H2,1H3,(H,12,14). The molecule has 0 aliphatic carbocycles. The molecule has 0 saturated carbocycles. The molecular weight excluding hydrogens is 340 g/mol. The normalized spacial score (nSPS) is 11.4. The van der Waals surface area contributed by atoms with E-state index >= 15 is 0 Å². The quantitative estimate of drug-likeness (QED) is 0.782. The number of thiophene rings is 1. The Morgan fingerprint density at radius 2 is 2.11 bits per heavy atom. The highest BCUT2D eigenvalue weighted by Gasteiger charge is 2.16. The molecule has 2 N–H and O–H groups in total. The maximum absolute atomic E-state index is 11.8. The number of amides is 1. The minimum Gasteiger partial charge on any atom is -0.356 e. The van der Waals surface area contributed by atoms with E-state index in [0.29, 0.717) is 6.54 Å². The number of rotatable bonds is 7. The number of hydrogen-bond donors (Lipinski definition) is 2. The van der Waals surface area contributed by atoms with Crippen LogP contribution < -0.4 is 10.0 Å². The highest BCUT2D eigenvalue weighted by atomic mass is 79.9. The smallest absolute Gasteiger partial charge is 0.250 e. The van der Waals surface area contributed by atoms with E-state index in [2.05, 4.69) is 26.0 Å². The van der Waals surface area contributed by atoms with Crippen molar-refractivity contribution in [3.8, 4) is 0 Å². The molecule has 0 atom stereocenters. The summed E-state index contributed by atoms with van der Waals surface area (Å²) in [5, 5.41) is 2.68. The highest BCUT2D eigenvalue weighted by molar-refractivity contribution is 9.11. The molecule has 1 aromatic heterocycles. The lowest BCUT2D eigenvalue weighted by molar-refractivity contribution is -0.120. The molecule has 0 aliphatic rings. The van der Waals surface area contributed by atoms with Crippen LogP contribution in [0.5, 0.6) is 0 Å². The second kappa shape index (κ2) is 7.22. The van der Waals surface area contributed by atoms with Crippen LogP contribution >= 0.6 is 27.3 Å². The molecule has 0 saturated heterocycles. The van der Waals surface area contributed by atoms with E-state index in [1.165, 1.54) is 6.07 Å². The predicted molar refractivity (Wildman–Crippen MR) is 75.1 cm³/mol. The molecule has 1 aromatic rings. The second-order valence-electron chi connectivity index (χ2n) is 3.56. The van der Waals surface area contributed by atoms with Gasteiger partial charge in [-0.05, 0) is 34.5 Å². The van der Waals surface area contributed by atoms with Crippen LogP contribution in [-0.4, -0.2) is 27.4 Å². The van der Waals surface area contributed by atoms with E-state index in [1.807, 2.05) is 6.92 Å². The zero-order valence-electron chi connectivity index (χ0n) is 9.90. The summed E-state index contributed by atoms with van der Waals surface area (Å²) in [6, 6.07) is 3.20. The third-order valence-electron chi connectivity index (χ3n) is 2.03. The summed E-state index contributed by atoms with van der Waals surface area (Å²) in [6.07, 6.45) is 1.01. The van der Waals surface area contributed by atoms with Gasteiger partial charge >= 0.3 is 0 Å². The average Bonchev–Trinajstić information content (AvgIpc) is 2.73. The van der Waals surface area contributed by atoms with Crippen LogP contribution in [0.1, 0.15) is 19.8 Å². The van der Waals surface area contributed by atoms with Crippen LogP contribution in [0, 0.1) is 0 Å². The Labute approximate surface area is 119 Å². The third kappa shape index (κ3) is 5.05. The minimum atomic E-state index is -3.50. The summed E-state index contributed by atoms with van der Waals surface area (Å²) in [4.78, 5) is 11.3. The molecule has 0 aromatic carbocycles. The third-order valence-corrected chi connectivity index (χ3v) is 5.61. The number of halogens is 1. The summed E-state index contributed by atoms with van der Waals surface area (Å²) in [5.74, 6) is -0.146. The molecule has 0 radical (unpaired) electrons. The van der Waals surface area contributed by atoms with Crippen LogP contribution in [0.25, 0.3) is 0 Å².